The molecule has 44 heavy (non-hydrogen) atoms. The van der Waals surface area contributed by atoms with Crippen molar-refractivity contribution in [3.8, 4) is 0 Å². The lowest BCUT2D eigenvalue weighted by Crippen LogP contribution is -2.51. The molecule has 0 bridgehead atoms. The molecule has 2 aromatic rings. The minimum absolute atomic E-state index is 0.126. The number of carbonyl (C=O) groups is 4. The summed E-state index contributed by atoms with van der Waals surface area (Å²) in [6.07, 6.45) is 3.32. The van der Waals surface area contributed by atoms with E-state index in [4.69, 9.17) is 13.9 Å². The highest BCUT2D eigenvalue weighted by molar-refractivity contribution is 6.00. The molecule has 1 saturated carbocycles. The maximum absolute atomic E-state index is 13.9. The molecular formula is C32H44FN3O8. The summed E-state index contributed by atoms with van der Waals surface area (Å²) in [5.41, 5.74) is 0.134. The number of anilines is 1. The number of benzene rings is 1. The van der Waals surface area contributed by atoms with Gasteiger partial charge >= 0.3 is 12.1 Å². The van der Waals surface area contributed by atoms with Crippen molar-refractivity contribution in [3.63, 3.8) is 0 Å². The number of furan rings is 1. The molecule has 1 saturated heterocycles. The first-order chi connectivity index (χ1) is 20.9. The molecule has 242 valence electrons. The third kappa shape index (κ3) is 8.28. The van der Waals surface area contributed by atoms with Crippen molar-refractivity contribution in [2.45, 2.75) is 96.4 Å². The SMILES string of the molecule is CCCCO[C@@H]1CCN(C(=O)C2CCC([C@@H](CF)NC(=O)OC(C)(C)C)CC2)[C@@H]1C(=O)Nc1ccc2oc(C(=O)O)cc2c1. The van der Waals surface area contributed by atoms with Crippen LogP contribution in [0.25, 0.3) is 11.0 Å². The monoisotopic (exact) mass is 617 g/mol. The van der Waals surface area contributed by atoms with Crippen LogP contribution in [0.2, 0.25) is 0 Å². The first-order valence-electron chi connectivity index (χ1n) is 15.5. The average molecular weight is 618 g/mol. The number of ether oxygens (including phenoxy) is 2. The van der Waals surface area contributed by atoms with Crippen LogP contribution >= 0.6 is 0 Å². The summed E-state index contributed by atoms with van der Waals surface area (Å²) in [5.74, 6) is -2.35. The molecule has 1 aliphatic carbocycles. The lowest BCUT2D eigenvalue weighted by atomic mass is 9.78. The second kappa shape index (κ2) is 14.4. The first kappa shape index (κ1) is 33.2. The van der Waals surface area contributed by atoms with Gasteiger partial charge in [-0.25, -0.2) is 14.0 Å². The fourth-order valence-electron chi connectivity index (χ4n) is 6.06. The molecule has 3 atom stereocenters. The van der Waals surface area contributed by atoms with E-state index in [1.54, 1.807) is 43.9 Å². The lowest BCUT2D eigenvalue weighted by molar-refractivity contribution is -0.143. The Morgan fingerprint density at radius 2 is 1.84 bits per heavy atom. The number of alkyl carbamates (subject to hydrolysis) is 1. The van der Waals surface area contributed by atoms with Crippen LogP contribution in [0, 0.1) is 11.8 Å². The number of aromatic carboxylic acids is 1. The maximum atomic E-state index is 13.9. The van der Waals surface area contributed by atoms with Gasteiger partial charge in [0.15, 0.2) is 0 Å². The predicted octanol–water partition coefficient (Wildman–Crippen LogP) is 5.52. The highest BCUT2D eigenvalue weighted by Crippen LogP contribution is 2.35. The zero-order valence-electron chi connectivity index (χ0n) is 25.9. The summed E-state index contributed by atoms with van der Waals surface area (Å²) in [5, 5.41) is 15.3. The van der Waals surface area contributed by atoms with Gasteiger partial charge in [0.05, 0.1) is 12.1 Å². The normalized spacial score (nSPS) is 22.9. The summed E-state index contributed by atoms with van der Waals surface area (Å²) < 4.78 is 30.6. The third-order valence-corrected chi connectivity index (χ3v) is 8.28. The van der Waals surface area contributed by atoms with Crippen LogP contribution in [0.15, 0.2) is 28.7 Å². The molecule has 12 heteroatoms. The van der Waals surface area contributed by atoms with E-state index < -0.39 is 42.5 Å². The number of likely N-dealkylation sites (tertiary alicyclic amines) is 1. The number of carboxylic acids is 1. The van der Waals surface area contributed by atoms with Crippen molar-refractivity contribution in [2.24, 2.45) is 11.8 Å². The number of amides is 3. The van der Waals surface area contributed by atoms with E-state index in [1.165, 1.54) is 6.07 Å². The van der Waals surface area contributed by atoms with Gasteiger partial charge in [-0.2, -0.15) is 0 Å². The number of carbonyl (C=O) groups excluding carboxylic acids is 3. The van der Waals surface area contributed by atoms with Crippen molar-refractivity contribution in [1.29, 1.82) is 0 Å². The van der Waals surface area contributed by atoms with E-state index in [-0.39, 0.29) is 29.4 Å². The molecule has 1 aromatic carbocycles. The molecule has 3 N–H and O–H groups in total. The largest absolute Gasteiger partial charge is 0.475 e. The van der Waals surface area contributed by atoms with Crippen molar-refractivity contribution >= 4 is 40.5 Å². The molecule has 1 aliphatic heterocycles. The van der Waals surface area contributed by atoms with Gasteiger partial charge in [-0.05, 0) is 89.5 Å². The van der Waals surface area contributed by atoms with Crippen LogP contribution in [0.3, 0.4) is 0 Å². The van der Waals surface area contributed by atoms with E-state index in [0.29, 0.717) is 61.9 Å². The number of carboxylic acid groups (broad SMARTS) is 1. The zero-order chi connectivity index (χ0) is 32.0. The summed E-state index contributed by atoms with van der Waals surface area (Å²) in [4.78, 5) is 52.6. The number of hydrogen-bond acceptors (Lipinski definition) is 7. The van der Waals surface area contributed by atoms with Crippen LogP contribution in [-0.4, -0.2) is 77.5 Å². The van der Waals surface area contributed by atoms with Gasteiger partial charge in [0, 0.05) is 30.1 Å². The minimum atomic E-state index is -1.19. The topological polar surface area (TPSA) is 147 Å². The van der Waals surface area contributed by atoms with E-state index in [1.807, 2.05) is 6.92 Å². The molecular weight excluding hydrogens is 573 g/mol. The van der Waals surface area contributed by atoms with E-state index in [0.717, 1.165) is 12.8 Å². The van der Waals surface area contributed by atoms with Gasteiger partial charge in [-0.15, -0.1) is 0 Å². The number of halogens is 1. The van der Waals surface area contributed by atoms with Crippen LogP contribution in [0.1, 0.15) is 83.2 Å². The van der Waals surface area contributed by atoms with E-state index >= 15 is 0 Å². The zero-order valence-corrected chi connectivity index (χ0v) is 25.9. The van der Waals surface area contributed by atoms with Crippen LogP contribution in [-0.2, 0) is 19.1 Å². The number of unbranched alkanes of at least 4 members (excludes halogenated alkanes) is 1. The van der Waals surface area contributed by atoms with Crippen LogP contribution in [0.5, 0.6) is 0 Å². The lowest BCUT2D eigenvalue weighted by Gasteiger charge is -2.35. The molecule has 0 unspecified atom stereocenters. The Hall–Kier alpha value is -3.67. The second-order valence-corrected chi connectivity index (χ2v) is 12.7. The van der Waals surface area contributed by atoms with Gasteiger partial charge in [0.1, 0.15) is 23.9 Å². The minimum Gasteiger partial charge on any atom is -0.475 e. The molecule has 1 aromatic heterocycles. The molecule has 2 aliphatic rings. The van der Waals surface area contributed by atoms with Gasteiger partial charge < -0.3 is 34.5 Å². The van der Waals surface area contributed by atoms with Gasteiger partial charge in [-0.3, -0.25) is 9.59 Å². The smallest absolute Gasteiger partial charge is 0.407 e. The van der Waals surface area contributed by atoms with Crippen LogP contribution < -0.4 is 10.6 Å². The van der Waals surface area contributed by atoms with Gasteiger partial charge in [0.2, 0.25) is 17.6 Å². The number of fused-ring (bicyclic) bond motifs is 1. The van der Waals surface area contributed by atoms with Crippen molar-refractivity contribution in [1.82, 2.24) is 10.2 Å². The standard InChI is InChI=1S/C32H44FN3O8/c1-5-6-15-42-25-13-14-36(27(25)28(37)34-22-11-12-24-21(16-22)17-26(43-24)30(39)40)29(38)20-9-7-19(8-10-20)23(18-33)35-31(41)44-32(2,3)4/h11-12,16-17,19-20,23,25,27H,5-10,13-15,18H2,1-4H3,(H,34,37)(H,35,41)(H,39,40)/t19?,20?,23-,25-,27+/m1/s1. The molecule has 2 heterocycles. The Morgan fingerprint density at radius 1 is 1.11 bits per heavy atom. The molecule has 4 rings (SSSR count). The Balaban J connectivity index is 1.42. The number of rotatable bonds is 11. The average Bonchev–Trinajstić information content (AvgIpc) is 3.59. The third-order valence-electron chi connectivity index (χ3n) is 8.28. The second-order valence-electron chi connectivity index (χ2n) is 12.7. The molecule has 3 amide bonds. The first-order valence-corrected chi connectivity index (χ1v) is 15.5. The summed E-state index contributed by atoms with van der Waals surface area (Å²) >= 11 is 0. The number of hydrogen-bond donors (Lipinski definition) is 3. The number of nitrogens with one attached hydrogen (secondary N) is 2. The van der Waals surface area contributed by atoms with Crippen molar-refractivity contribution < 1.29 is 42.6 Å². The summed E-state index contributed by atoms with van der Waals surface area (Å²) in [7, 11) is 0. The number of alkyl halides is 1. The Bertz CT molecular complexity index is 1330. The van der Waals surface area contributed by atoms with Gasteiger partial charge in [0.25, 0.3) is 0 Å². The Labute approximate surface area is 256 Å². The summed E-state index contributed by atoms with van der Waals surface area (Å²) in [6, 6.07) is 4.70. The summed E-state index contributed by atoms with van der Waals surface area (Å²) in [6.45, 7) is 7.41. The van der Waals surface area contributed by atoms with E-state index in [2.05, 4.69) is 10.6 Å². The highest BCUT2D eigenvalue weighted by Gasteiger charge is 2.45. The predicted molar refractivity (Wildman–Crippen MR) is 161 cm³/mol. The van der Waals surface area contributed by atoms with E-state index in [9.17, 15) is 28.7 Å². The van der Waals surface area contributed by atoms with Crippen molar-refractivity contribution in [2.75, 3.05) is 25.1 Å². The maximum Gasteiger partial charge on any atom is 0.407 e. The fraction of sp³-hybridized carbons (Fsp3) is 0.625. The highest BCUT2D eigenvalue weighted by atomic mass is 19.1. The molecule has 11 nitrogen and oxygen atoms in total. The molecule has 0 radical (unpaired) electrons. The van der Waals surface area contributed by atoms with Crippen LogP contribution in [0.4, 0.5) is 14.9 Å². The van der Waals surface area contributed by atoms with Gasteiger partial charge in [-0.1, -0.05) is 13.3 Å². The fourth-order valence-corrected chi connectivity index (χ4v) is 6.06. The Morgan fingerprint density at radius 3 is 2.48 bits per heavy atom. The Kier molecular flexibility index (Phi) is 10.9. The van der Waals surface area contributed by atoms with Crippen molar-refractivity contribution in [3.05, 3.63) is 30.0 Å². The molecule has 0 spiro atoms. The number of nitrogens with zero attached hydrogens (tertiary/aromatic N) is 1. The quantitative estimate of drug-likeness (QED) is 0.279. The molecule has 2 fully saturated rings.